The second-order valence-corrected chi connectivity index (χ2v) is 9.88. The van der Waals surface area contributed by atoms with E-state index >= 15 is 0 Å². The lowest BCUT2D eigenvalue weighted by Gasteiger charge is -2.18. The van der Waals surface area contributed by atoms with Gasteiger partial charge in [0.15, 0.2) is 0 Å². The number of rotatable bonds is 4. The Balaban J connectivity index is 1.56. The van der Waals surface area contributed by atoms with Crippen LogP contribution in [0, 0.1) is 5.82 Å². The average molecular weight is 477 g/mol. The van der Waals surface area contributed by atoms with Gasteiger partial charge in [-0.2, -0.15) is 4.98 Å². The third-order valence-electron chi connectivity index (χ3n) is 5.59. The number of benzene rings is 2. The van der Waals surface area contributed by atoms with Crippen LogP contribution in [0.15, 0.2) is 74.1 Å². The average Bonchev–Trinajstić information content (AvgIpc) is 3.46. The Morgan fingerprint density at radius 3 is 2.53 bits per heavy atom. The number of thiophene rings is 1. The summed E-state index contributed by atoms with van der Waals surface area (Å²) in [6.45, 7) is 6.39. The first-order chi connectivity index (χ1) is 16.2. The molecular weight excluding hydrogens is 455 g/mol. The highest BCUT2D eigenvalue weighted by molar-refractivity contribution is 7.17. The molecule has 0 fully saturated rings. The van der Waals surface area contributed by atoms with Crippen LogP contribution < -0.4 is 11.2 Å². The summed E-state index contributed by atoms with van der Waals surface area (Å²) in [7, 11) is 0. The van der Waals surface area contributed by atoms with Crippen LogP contribution in [-0.2, 0) is 12.0 Å². The van der Waals surface area contributed by atoms with E-state index in [1.807, 2.05) is 24.3 Å². The smallest absolute Gasteiger partial charge is 0.336 e. The first-order valence-corrected chi connectivity index (χ1v) is 11.5. The summed E-state index contributed by atoms with van der Waals surface area (Å²) in [6, 6.07) is 15.0. The van der Waals surface area contributed by atoms with Crippen molar-refractivity contribution in [1.82, 2.24) is 19.3 Å². The fourth-order valence-electron chi connectivity index (χ4n) is 3.77. The molecule has 172 valence electrons. The van der Waals surface area contributed by atoms with E-state index in [-0.39, 0.29) is 23.5 Å². The van der Waals surface area contributed by atoms with Gasteiger partial charge in [-0.1, -0.05) is 56.3 Å². The van der Waals surface area contributed by atoms with Gasteiger partial charge in [0.05, 0.1) is 11.2 Å². The summed E-state index contributed by atoms with van der Waals surface area (Å²) < 4.78 is 22.0. The number of hydrogen-bond donors (Lipinski definition) is 0. The highest BCUT2D eigenvalue weighted by Gasteiger charge is 2.19. The minimum atomic E-state index is -0.615. The third kappa shape index (κ3) is 3.88. The van der Waals surface area contributed by atoms with Crippen LogP contribution in [0.3, 0.4) is 0 Å². The van der Waals surface area contributed by atoms with Gasteiger partial charge in [-0.05, 0) is 40.6 Å². The lowest BCUT2D eigenvalue weighted by molar-refractivity contribution is 0.370. The number of halogens is 1. The molecule has 0 aliphatic heterocycles. The van der Waals surface area contributed by atoms with Crippen molar-refractivity contribution in [3.8, 4) is 17.1 Å². The Morgan fingerprint density at radius 2 is 1.82 bits per heavy atom. The molecule has 0 unspecified atom stereocenters. The van der Waals surface area contributed by atoms with E-state index in [9.17, 15) is 14.0 Å². The van der Waals surface area contributed by atoms with E-state index in [2.05, 4.69) is 30.9 Å². The Morgan fingerprint density at radius 1 is 1.06 bits per heavy atom. The first kappa shape index (κ1) is 22.0. The molecule has 0 saturated heterocycles. The summed E-state index contributed by atoms with van der Waals surface area (Å²) in [5.74, 6) is 0.0816. The second-order valence-electron chi connectivity index (χ2n) is 8.96. The van der Waals surface area contributed by atoms with Gasteiger partial charge in [0.2, 0.25) is 11.7 Å². The van der Waals surface area contributed by atoms with Gasteiger partial charge in [-0.25, -0.2) is 13.8 Å². The van der Waals surface area contributed by atoms with Crippen LogP contribution in [-0.4, -0.2) is 19.3 Å². The lowest BCUT2D eigenvalue weighted by Crippen LogP contribution is -2.38. The fraction of sp³-hybridized carbons (Fsp3) is 0.200. The standard InChI is InChI=1S/C25H21FN4O3S/c1-25(2,3)16-9-7-15(8-10-16)22-27-20(33-28-22)14-29-19-11-12-34-21(19)23(31)30(24(29)32)18-6-4-5-17(26)13-18/h4-13H,14H2,1-3H3. The summed E-state index contributed by atoms with van der Waals surface area (Å²) >= 11 is 1.21. The summed E-state index contributed by atoms with van der Waals surface area (Å²) in [5, 5.41) is 5.79. The van der Waals surface area contributed by atoms with Crippen LogP contribution in [0.4, 0.5) is 4.39 Å². The maximum absolute atomic E-state index is 13.8. The van der Waals surface area contributed by atoms with Crippen LogP contribution in [0.1, 0.15) is 32.2 Å². The molecular formula is C25H21FN4O3S. The van der Waals surface area contributed by atoms with E-state index in [4.69, 9.17) is 4.52 Å². The predicted octanol–water partition coefficient (Wildman–Crippen LogP) is 4.75. The quantitative estimate of drug-likeness (QED) is 0.374. The zero-order valence-electron chi connectivity index (χ0n) is 18.8. The molecule has 9 heteroatoms. The zero-order valence-corrected chi connectivity index (χ0v) is 19.6. The van der Waals surface area contributed by atoms with Crippen molar-refractivity contribution < 1.29 is 8.91 Å². The highest BCUT2D eigenvalue weighted by atomic mass is 32.1. The van der Waals surface area contributed by atoms with Gasteiger partial charge >= 0.3 is 5.69 Å². The normalized spacial score (nSPS) is 11.9. The molecule has 0 bridgehead atoms. The van der Waals surface area contributed by atoms with Crippen LogP contribution in [0.5, 0.6) is 0 Å². The van der Waals surface area contributed by atoms with Crippen molar-refractivity contribution in [2.45, 2.75) is 32.7 Å². The molecule has 7 nitrogen and oxygen atoms in total. The van der Waals surface area contributed by atoms with Gasteiger partial charge in [0.1, 0.15) is 17.1 Å². The summed E-state index contributed by atoms with van der Waals surface area (Å²) in [5.41, 5.74) is 1.51. The largest absolute Gasteiger partial charge is 0.337 e. The van der Waals surface area contributed by atoms with Crippen molar-refractivity contribution in [3.63, 3.8) is 0 Å². The molecule has 0 aliphatic carbocycles. The molecule has 3 aromatic heterocycles. The van der Waals surface area contributed by atoms with E-state index in [1.165, 1.54) is 39.7 Å². The molecule has 2 aromatic carbocycles. The number of nitrogens with zero attached hydrogens (tertiary/aromatic N) is 4. The van der Waals surface area contributed by atoms with Crippen molar-refractivity contribution >= 4 is 21.6 Å². The van der Waals surface area contributed by atoms with E-state index in [1.54, 1.807) is 11.4 Å². The van der Waals surface area contributed by atoms with Crippen molar-refractivity contribution in [1.29, 1.82) is 0 Å². The molecule has 5 aromatic rings. The van der Waals surface area contributed by atoms with Gasteiger partial charge in [-0.3, -0.25) is 9.36 Å². The predicted molar refractivity (Wildman–Crippen MR) is 129 cm³/mol. The number of hydrogen-bond acceptors (Lipinski definition) is 6. The molecule has 0 aliphatic rings. The molecule has 0 spiro atoms. The number of aromatic nitrogens is 4. The van der Waals surface area contributed by atoms with Crippen LogP contribution in [0.2, 0.25) is 0 Å². The van der Waals surface area contributed by atoms with E-state index < -0.39 is 17.1 Å². The van der Waals surface area contributed by atoms with Gasteiger partial charge in [0.25, 0.3) is 5.56 Å². The first-order valence-electron chi connectivity index (χ1n) is 10.6. The monoisotopic (exact) mass is 476 g/mol. The Hall–Kier alpha value is -3.85. The Labute approximate surface area is 197 Å². The maximum atomic E-state index is 13.8. The molecule has 0 amide bonds. The SMILES string of the molecule is CC(C)(C)c1ccc(-c2noc(Cn3c(=O)n(-c4cccc(F)c4)c(=O)c4sccc43)n2)cc1. The molecule has 0 radical (unpaired) electrons. The lowest BCUT2D eigenvalue weighted by atomic mass is 9.87. The minimum absolute atomic E-state index is 0.0266. The Kier molecular flexibility index (Phi) is 5.28. The number of fused-ring (bicyclic) bond motifs is 1. The van der Waals surface area contributed by atoms with Crippen LogP contribution in [0.25, 0.3) is 27.3 Å². The molecule has 0 N–H and O–H groups in total. The summed E-state index contributed by atoms with van der Waals surface area (Å²) in [4.78, 5) is 30.8. The highest BCUT2D eigenvalue weighted by Crippen LogP contribution is 2.25. The van der Waals surface area contributed by atoms with Crippen molar-refractivity contribution in [3.05, 3.63) is 98.1 Å². The second kappa shape index (κ2) is 8.18. The molecule has 3 heterocycles. The fourth-order valence-corrected chi connectivity index (χ4v) is 4.60. The topological polar surface area (TPSA) is 82.9 Å². The molecule has 0 atom stereocenters. The maximum Gasteiger partial charge on any atom is 0.336 e. The third-order valence-corrected chi connectivity index (χ3v) is 6.48. The van der Waals surface area contributed by atoms with Gasteiger partial charge in [-0.15, -0.1) is 11.3 Å². The van der Waals surface area contributed by atoms with Crippen LogP contribution >= 0.6 is 11.3 Å². The van der Waals surface area contributed by atoms with Crippen molar-refractivity contribution in [2.75, 3.05) is 0 Å². The van der Waals surface area contributed by atoms with Gasteiger partial charge in [0, 0.05) is 5.56 Å². The summed E-state index contributed by atoms with van der Waals surface area (Å²) in [6.07, 6.45) is 0. The molecule has 34 heavy (non-hydrogen) atoms. The molecule has 5 rings (SSSR count). The zero-order chi connectivity index (χ0) is 24.0. The van der Waals surface area contributed by atoms with Gasteiger partial charge < -0.3 is 4.52 Å². The molecule has 0 saturated carbocycles. The van der Waals surface area contributed by atoms with Crippen molar-refractivity contribution in [2.24, 2.45) is 0 Å². The van der Waals surface area contributed by atoms with E-state index in [0.717, 1.165) is 16.2 Å². The Bertz CT molecular complexity index is 1620. The minimum Gasteiger partial charge on any atom is -0.337 e. The van der Waals surface area contributed by atoms with E-state index in [0.29, 0.717) is 16.0 Å².